The molecule has 29 heavy (non-hydrogen) atoms. The fourth-order valence-electron chi connectivity index (χ4n) is 2.35. The van der Waals surface area contributed by atoms with Crippen LogP contribution < -0.4 is 10.6 Å². The number of thioether (sulfide) groups is 1. The molecule has 0 saturated carbocycles. The van der Waals surface area contributed by atoms with E-state index in [1.165, 1.54) is 30.0 Å². The van der Waals surface area contributed by atoms with Gasteiger partial charge in [-0.3, -0.25) is 19.7 Å². The Morgan fingerprint density at radius 1 is 1.14 bits per heavy atom. The Morgan fingerprint density at radius 2 is 1.83 bits per heavy atom. The van der Waals surface area contributed by atoms with Crippen molar-refractivity contribution in [2.24, 2.45) is 0 Å². The van der Waals surface area contributed by atoms with Crippen molar-refractivity contribution in [3.63, 3.8) is 0 Å². The van der Waals surface area contributed by atoms with Crippen molar-refractivity contribution in [3.8, 4) is 0 Å². The Kier molecular flexibility index (Phi) is 7.59. The molecular weight excluding hydrogens is 411 g/mol. The van der Waals surface area contributed by atoms with Crippen molar-refractivity contribution in [3.05, 3.63) is 69.5 Å². The zero-order chi connectivity index (χ0) is 21.6. The normalized spacial score (nSPS) is 11.6. The number of non-ortho nitro benzene ring substituents is 1. The van der Waals surface area contributed by atoms with Crippen molar-refractivity contribution >= 4 is 35.0 Å². The monoisotopic (exact) mass is 427 g/mol. The number of carbonyl (C=O) groups excluding carboxylic acids is 2. The molecule has 2 aromatic rings. The maximum Gasteiger partial charge on any atom is 0.270 e. The summed E-state index contributed by atoms with van der Waals surface area (Å²) in [5.41, 5.74) is -0.917. The minimum absolute atomic E-state index is 0.0415. The van der Waals surface area contributed by atoms with Crippen LogP contribution in [0.1, 0.15) is 16.8 Å². The van der Waals surface area contributed by atoms with Crippen molar-refractivity contribution in [1.82, 2.24) is 5.32 Å². The molecule has 0 bridgehead atoms. The number of nitro benzene ring substituents is 1. The smallest absolute Gasteiger partial charge is 0.270 e. The van der Waals surface area contributed by atoms with Crippen LogP contribution in [0.3, 0.4) is 0 Å². The van der Waals surface area contributed by atoms with E-state index >= 15 is 0 Å². The third kappa shape index (κ3) is 5.95. The third-order valence-electron chi connectivity index (χ3n) is 3.82. The molecule has 0 radical (unpaired) electrons. The van der Waals surface area contributed by atoms with Crippen molar-refractivity contribution in [2.45, 2.75) is 12.5 Å². The summed E-state index contributed by atoms with van der Waals surface area (Å²) in [4.78, 5) is 35.1. The molecule has 154 valence electrons. The van der Waals surface area contributed by atoms with Crippen molar-refractivity contribution in [2.75, 3.05) is 17.3 Å². The van der Waals surface area contributed by atoms with Gasteiger partial charge >= 0.3 is 0 Å². The molecule has 7 nitrogen and oxygen atoms in total. The number of hydrogen-bond acceptors (Lipinski definition) is 5. The summed E-state index contributed by atoms with van der Waals surface area (Å²) in [6.45, 7) is 0. The van der Waals surface area contributed by atoms with Gasteiger partial charge in [-0.25, -0.2) is 13.2 Å². The highest BCUT2D eigenvalue weighted by Gasteiger charge is 2.23. The van der Waals surface area contributed by atoms with Crippen LogP contribution in [-0.2, 0) is 4.79 Å². The van der Waals surface area contributed by atoms with Gasteiger partial charge in [0.1, 0.15) is 11.9 Å². The van der Waals surface area contributed by atoms with E-state index in [-0.39, 0.29) is 17.7 Å². The maximum atomic E-state index is 13.8. The fourth-order valence-corrected chi connectivity index (χ4v) is 2.82. The lowest BCUT2D eigenvalue weighted by atomic mass is 10.1. The molecule has 0 aliphatic carbocycles. The molecule has 11 heteroatoms. The van der Waals surface area contributed by atoms with Gasteiger partial charge < -0.3 is 10.6 Å². The highest BCUT2D eigenvalue weighted by molar-refractivity contribution is 7.98. The van der Waals surface area contributed by atoms with E-state index in [2.05, 4.69) is 10.6 Å². The van der Waals surface area contributed by atoms with Gasteiger partial charge in [0.25, 0.3) is 11.6 Å². The summed E-state index contributed by atoms with van der Waals surface area (Å²) < 4.78 is 40.1. The molecule has 1 unspecified atom stereocenters. The van der Waals surface area contributed by atoms with Gasteiger partial charge in [-0.2, -0.15) is 11.8 Å². The van der Waals surface area contributed by atoms with Gasteiger partial charge in [-0.05, 0) is 24.5 Å². The topological polar surface area (TPSA) is 101 Å². The first kappa shape index (κ1) is 22.2. The minimum Gasteiger partial charge on any atom is -0.340 e. The predicted octanol–water partition coefficient (Wildman–Crippen LogP) is 3.50. The lowest BCUT2D eigenvalue weighted by molar-refractivity contribution is -0.384. The molecule has 2 aromatic carbocycles. The second-order valence-corrected chi connectivity index (χ2v) is 6.84. The number of nitrogens with one attached hydrogen (secondary N) is 2. The number of hydrogen-bond donors (Lipinski definition) is 2. The average molecular weight is 427 g/mol. The third-order valence-corrected chi connectivity index (χ3v) is 4.46. The van der Waals surface area contributed by atoms with E-state index in [1.807, 2.05) is 0 Å². The Labute approximate surface area is 167 Å². The van der Waals surface area contributed by atoms with Gasteiger partial charge in [0.05, 0.1) is 10.6 Å². The van der Waals surface area contributed by atoms with Gasteiger partial charge in [-0.1, -0.05) is 6.07 Å². The number of amides is 2. The van der Waals surface area contributed by atoms with E-state index < -0.39 is 45.9 Å². The molecule has 0 saturated heterocycles. The molecule has 0 aromatic heterocycles. The van der Waals surface area contributed by atoms with Crippen molar-refractivity contribution in [1.29, 1.82) is 0 Å². The molecule has 1 atom stereocenters. The van der Waals surface area contributed by atoms with Crippen LogP contribution in [0.15, 0.2) is 36.4 Å². The van der Waals surface area contributed by atoms with Crippen molar-refractivity contribution < 1.29 is 27.7 Å². The summed E-state index contributed by atoms with van der Waals surface area (Å²) in [6, 6.07) is 4.57. The van der Waals surface area contributed by atoms with Gasteiger partial charge in [-0.15, -0.1) is 0 Å². The highest BCUT2D eigenvalue weighted by atomic mass is 32.2. The molecule has 0 aliphatic rings. The van der Waals surface area contributed by atoms with E-state index in [4.69, 9.17) is 0 Å². The summed E-state index contributed by atoms with van der Waals surface area (Å²) in [5, 5.41) is 15.4. The molecule has 2 N–H and O–H groups in total. The van der Waals surface area contributed by atoms with E-state index in [0.717, 1.165) is 6.07 Å². The molecule has 0 aliphatic heterocycles. The minimum atomic E-state index is -1.40. The van der Waals surface area contributed by atoms with Crippen LogP contribution in [0, 0.1) is 27.6 Å². The molecule has 2 amide bonds. The van der Waals surface area contributed by atoms with E-state index in [1.54, 1.807) is 6.26 Å². The zero-order valence-electron chi connectivity index (χ0n) is 15.1. The summed E-state index contributed by atoms with van der Waals surface area (Å²) in [7, 11) is 0. The van der Waals surface area contributed by atoms with Crippen LogP contribution in [0.4, 0.5) is 24.5 Å². The van der Waals surface area contributed by atoms with Crippen LogP contribution in [0.5, 0.6) is 0 Å². The van der Waals surface area contributed by atoms with Gasteiger partial charge in [0.15, 0.2) is 11.6 Å². The van der Waals surface area contributed by atoms with Crippen LogP contribution in [-0.4, -0.2) is 34.8 Å². The Hall–Kier alpha value is -3.08. The number of halogens is 3. The van der Waals surface area contributed by atoms with E-state index in [0.29, 0.717) is 17.9 Å². The fraction of sp³-hybridized carbons (Fsp3) is 0.222. The van der Waals surface area contributed by atoms with Crippen LogP contribution in [0.25, 0.3) is 0 Å². The lowest BCUT2D eigenvalue weighted by Gasteiger charge is -2.18. The number of nitrogens with zero attached hydrogens (tertiary/aromatic N) is 1. The van der Waals surface area contributed by atoms with E-state index in [9.17, 15) is 32.9 Å². The summed E-state index contributed by atoms with van der Waals surface area (Å²) >= 11 is 1.39. The zero-order valence-corrected chi connectivity index (χ0v) is 15.9. The van der Waals surface area contributed by atoms with Gasteiger partial charge in [0.2, 0.25) is 5.91 Å². The van der Waals surface area contributed by atoms with Crippen LogP contribution >= 0.6 is 11.8 Å². The molecular formula is C18H16F3N3O4S. The first-order chi connectivity index (χ1) is 13.7. The average Bonchev–Trinajstić information content (AvgIpc) is 2.69. The number of nitro groups is 1. The number of benzene rings is 2. The number of rotatable bonds is 8. The molecule has 2 rings (SSSR count). The first-order valence-corrected chi connectivity index (χ1v) is 9.62. The Balaban J connectivity index is 2.19. The Bertz CT molecular complexity index is 943. The number of carbonyl (C=O) groups is 2. The molecule has 0 heterocycles. The largest absolute Gasteiger partial charge is 0.340 e. The lowest BCUT2D eigenvalue weighted by Crippen LogP contribution is -2.44. The summed E-state index contributed by atoms with van der Waals surface area (Å²) in [5.74, 6) is -5.07. The SMILES string of the molecule is CSCCC(NC(=O)c1cccc([N+](=O)[O-])c1)C(=O)Nc1cc(F)c(F)cc1F. The first-order valence-electron chi connectivity index (χ1n) is 8.22. The molecule has 0 fully saturated rings. The second-order valence-electron chi connectivity index (χ2n) is 5.85. The van der Waals surface area contributed by atoms with Crippen LogP contribution in [0.2, 0.25) is 0 Å². The standard InChI is InChI=1S/C18H16F3N3O4S/c1-29-6-5-15(18(26)23-16-9-13(20)12(19)8-14(16)21)22-17(25)10-3-2-4-11(7-10)24(27)28/h2-4,7-9,15H,5-6H2,1H3,(H,22,25)(H,23,26). The predicted molar refractivity (Wildman–Crippen MR) is 102 cm³/mol. The summed E-state index contributed by atoms with van der Waals surface area (Å²) in [6.07, 6.45) is 1.92. The highest BCUT2D eigenvalue weighted by Crippen LogP contribution is 2.19. The van der Waals surface area contributed by atoms with Gasteiger partial charge in [0, 0.05) is 29.8 Å². The number of anilines is 1. The Morgan fingerprint density at radius 3 is 2.48 bits per heavy atom. The second kappa shape index (κ2) is 9.92. The maximum absolute atomic E-state index is 13.8. The molecule has 0 spiro atoms. The quantitative estimate of drug-likeness (QED) is 0.382.